The summed E-state index contributed by atoms with van der Waals surface area (Å²) in [6, 6.07) is 3.57. The molecule has 0 aromatic heterocycles. The van der Waals surface area contributed by atoms with Gasteiger partial charge < -0.3 is 15.6 Å². The van der Waals surface area contributed by atoms with E-state index >= 15 is 0 Å². The standard InChI is InChI=1S/C25H22N2O7/c1-10-7-17(29)15-9-14-12(4-5-13-20(14)24(32)27(23(13)31)25(26)33)19(21(15)22(10)30)11-3-6-16(28)18(8-11)34-2/h3-4,6-8,13-14,19-20,28H,5,9H2,1-2H3,(H2,26,33). The van der Waals surface area contributed by atoms with Crippen LogP contribution < -0.4 is 10.5 Å². The average Bonchev–Trinajstić information content (AvgIpc) is 3.06. The lowest BCUT2D eigenvalue weighted by Gasteiger charge is -2.42. The number of aromatic hydroxyl groups is 1. The number of carbonyl (C=O) groups excluding carboxylic acids is 5. The number of rotatable bonds is 2. The molecular weight excluding hydrogens is 440 g/mol. The zero-order chi connectivity index (χ0) is 24.5. The lowest BCUT2D eigenvalue weighted by Crippen LogP contribution is -2.42. The monoisotopic (exact) mass is 462 g/mol. The van der Waals surface area contributed by atoms with Gasteiger partial charge in [0, 0.05) is 22.6 Å². The number of urea groups is 1. The number of fused-ring (bicyclic) bond motifs is 3. The van der Waals surface area contributed by atoms with Crippen molar-refractivity contribution in [3.05, 3.63) is 58.2 Å². The molecule has 0 saturated carbocycles. The zero-order valence-electron chi connectivity index (χ0n) is 18.5. The van der Waals surface area contributed by atoms with E-state index in [2.05, 4.69) is 0 Å². The number of ether oxygens (including phenoxy) is 1. The van der Waals surface area contributed by atoms with Crippen LogP contribution >= 0.6 is 0 Å². The van der Waals surface area contributed by atoms with E-state index in [1.807, 2.05) is 6.08 Å². The Bertz CT molecular complexity index is 1300. The predicted octanol–water partition coefficient (Wildman–Crippen LogP) is 1.91. The normalized spacial score (nSPS) is 28.2. The summed E-state index contributed by atoms with van der Waals surface area (Å²) in [5.74, 6) is -4.61. The molecule has 4 unspecified atom stereocenters. The van der Waals surface area contributed by atoms with Crippen LogP contribution in [0.4, 0.5) is 4.79 Å². The van der Waals surface area contributed by atoms with Crippen LogP contribution in [0.1, 0.15) is 31.2 Å². The number of likely N-dealkylation sites (tertiary alicyclic amines) is 1. The number of nitrogens with two attached hydrogens (primary N) is 1. The molecular formula is C25H22N2O7. The van der Waals surface area contributed by atoms with Gasteiger partial charge in [0.1, 0.15) is 0 Å². The van der Waals surface area contributed by atoms with Crippen LogP contribution in [0.2, 0.25) is 0 Å². The van der Waals surface area contributed by atoms with E-state index in [1.54, 1.807) is 19.1 Å². The van der Waals surface area contributed by atoms with Crippen LogP contribution in [0, 0.1) is 17.8 Å². The number of carbonyl (C=O) groups is 5. The Balaban J connectivity index is 1.70. The second-order valence-electron chi connectivity index (χ2n) is 9.01. The third-order valence-corrected chi connectivity index (χ3v) is 7.32. The Morgan fingerprint density at radius 2 is 1.88 bits per heavy atom. The van der Waals surface area contributed by atoms with E-state index in [0.29, 0.717) is 27.2 Å². The molecule has 4 amide bonds. The van der Waals surface area contributed by atoms with Crippen LogP contribution in [-0.4, -0.2) is 46.5 Å². The summed E-state index contributed by atoms with van der Waals surface area (Å²) in [6.45, 7) is 1.58. The highest BCUT2D eigenvalue weighted by atomic mass is 16.5. The topological polar surface area (TPSA) is 144 Å². The molecule has 34 heavy (non-hydrogen) atoms. The highest BCUT2D eigenvalue weighted by molar-refractivity contribution is 6.24. The maximum Gasteiger partial charge on any atom is 0.328 e. The van der Waals surface area contributed by atoms with E-state index in [4.69, 9.17) is 10.5 Å². The van der Waals surface area contributed by atoms with Crippen molar-refractivity contribution in [1.82, 2.24) is 4.90 Å². The van der Waals surface area contributed by atoms with E-state index in [1.165, 1.54) is 19.3 Å². The van der Waals surface area contributed by atoms with Gasteiger partial charge in [-0.3, -0.25) is 19.2 Å². The van der Waals surface area contributed by atoms with Crippen molar-refractivity contribution in [3.63, 3.8) is 0 Å². The molecule has 174 valence electrons. The Hall–Kier alpha value is -4.01. The van der Waals surface area contributed by atoms with Gasteiger partial charge in [0.05, 0.1) is 18.9 Å². The summed E-state index contributed by atoms with van der Waals surface area (Å²) in [5, 5.41) is 10.1. The molecule has 9 nitrogen and oxygen atoms in total. The van der Waals surface area contributed by atoms with Gasteiger partial charge in [-0.05, 0) is 49.5 Å². The molecule has 3 N–H and O–H groups in total. The van der Waals surface area contributed by atoms with Gasteiger partial charge in [-0.1, -0.05) is 17.7 Å². The van der Waals surface area contributed by atoms with Gasteiger partial charge >= 0.3 is 6.03 Å². The summed E-state index contributed by atoms with van der Waals surface area (Å²) in [6.07, 6.45) is 3.44. The van der Waals surface area contributed by atoms with Crippen molar-refractivity contribution < 1.29 is 33.8 Å². The number of allylic oxidation sites excluding steroid dienone is 6. The van der Waals surface area contributed by atoms with Gasteiger partial charge in [-0.25, -0.2) is 4.79 Å². The van der Waals surface area contributed by atoms with Crippen LogP contribution in [0.25, 0.3) is 0 Å². The SMILES string of the molecule is COc1cc(C2C3=CCC4C(=O)N(C(N)=O)C(=O)C4C3CC3=C2C(=O)C(C)=CC3=O)ccc1O. The largest absolute Gasteiger partial charge is 0.504 e. The van der Waals surface area contributed by atoms with Crippen LogP contribution in [0.5, 0.6) is 11.5 Å². The quantitative estimate of drug-likeness (QED) is 0.388. The van der Waals surface area contributed by atoms with Gasteiger partial charge in [-0.2, -0.15) is 4.90 Å². The van der Waals surface area contributed by atoms with Crippen LogP contribution in [0.3, 0.4) is 0 Å². The van der Waals surface area contributed by atoms with E-state index in [9.17, 15) is 29.1 Å². The van der Waals surface area contributed by atoms with Crippen molar-refractivity contribution in [1.29, 1.82) is 0 Å². The molecule has 0 spiro atoms. The number of methoxy groups -OCH3 is 1. The molecule has 1 heterocycles. The Labute approximate surface area is 194 Å². The van der Waals surface area contributed by atoms with Gasteiger partial charge in [-0.15, -0.1) is 0 Å². The summed E-state index contributed by atoms with van der Waals surface area (Å²) in [7, 11) is 1.40. The number of hydrogen-bond acceptors (Lipinski definition) is 7. The maximum atomic E-state index is 13.3. The number of phenolic OH excluding ortho intramolecular Hbond substituents is 1. The second-order valence-corrected chi connectivity index (χ2v) is 9.01. The van der Waals surface area contributed by atoms with Crippen molar-refractivity contribution in [3.8, 4) is 11.5 Å². The molecule has 1 aromatic rings. The number of hydrogen-bond donors (Lipinski definition) is 2. The lowest BCUT2D eigenvalue weighted by atomic mass is 9.59. The first-order valence-electron chi connectivity index (χ1n) is 10.9. The molecule has 4 aliphatic rings. The number of benzene rings is 1. The third-order valence-electron chi connectivity index (χ3n) is 7.32. The van der Waals surface area contributed by atoms with E-state index in [-0.39, 0.29) is 35.9 Å². The van der Waals surface area contributed by atoms with Crippen LogP contribution in [0.15, 0.2) is 52.6 Å². The summed E-state index contributed by atoms with van der Waals surface area (Å²) < 4.78 is 5.25. The number of phenols is 1. The fourth-order valence-electron chi connectivity index (χ4n) is 5.83. The van der Waals surface area contributed by atoms with Crippen LogP contribution in [-0.2, 0) is 19.2 Å². The number of Topliss-reactive ketones (excluding diaryl/α,β-unsaturated/α-hetero) is 1. The first kappa shape index (κ1) is 21.8. The molecule has 9 heteroatoms. The molecule has 0 bridgehead atoms. The van der Waals surface area contributed by atoms with Gasteiger partial charge in [0.25, 0.3) is 0 Å². The number of ketones is 2. The zero-order valence-corrected chi connectivity index (χ0v) is 18.5. The molecule has 1 fully saturated rings. The highest BCUT2D eigenvalue weighted by Gasteiger charge is 2.57. The Kier molecular flexibility index (Phi) is 4.82. The molecule has 0 radical (unpaired) electrons. The van der Waals surface area contributed by atoms with Crippen molar-refractivity contribution >= 4 is 29.4 Å². The third kappa shape index (κ3) is 2.89. The van der Waals surface area contributed by atoms with Crippen molar-refractivity contribution in [2.75, 3.05) is 7.11 Å². The fourth-order valence-corrected chi connectivity index (χ4v) is 5.83. The smallest absolute Gasteiger partial charge is 0.328 e. The number of imide groups is 3. The van der Waals surface area contributed by atoms with Crippen molar-refractivity contribution in [2.45, 2.75) is 25.7 Å². The molecule has 4 atom stereocenters. The van der Waals surface area contributed by atoms with E-state index < -0.39 is 41.5 Å². The van der Waals surface area contributed by atoms with Crippen molar-refractivity contribution in [2.24, 2.45) is 23.5 Å². The maximum absolute atomic E-state index is 13.3. The lowest BCUT2D eigenvalue weighted by molar-refractivity contribution is -0.136. The molecule has 5 rings (SSSR count). The van der Waals surface area contributed by atoms with Gasteiger partial charge in [0.2, 0.25) is 11.8 Å². The number of nitrogens with zero attached hydrogens (tertiary/aromatic N) is 1. The van der Waals surface area contributed by atoms with Gasteiger partial charge in [0.15, 0.2) is 23.1 Å². The Morgan fingerprint density at radius 1 is 1.15 bits per heavy atom. The fraction of sp³-hybridized carbons (Fsp3) is 0.320. The van der Waals surface area contributed by atoms with E-state index in [0.717, 1.165) is 5.57 Å². The Morgan fingerprint density at radius 3 is 2.56 bits per heavy atom. The molecule has 1 aliphatic heterocycles. The predicted molar refractivity (Wildman–Crippen MR) is 117 cm³/mol. The average molecular weight is 462 g/mol. The molecule has 1 aromatic carbocycles. The summed E-state index contributed by atoms with van der Waals surface area (Å²) in [5.41, 5.74) is 7.60. The first-order chi connectivity index (χ1) is 16.1. The first-order valence-corrected chi connectivity index (χ1v) is 10.9. The molecule has 3 aliphatic carbocycles. The summed E-state index contributed by atoms with van der Waals surface area (Å²) >= 11 is 0. The number of primary amides is 1. The highest BCUT2D eigenvalue weighted by Crippen LogP contribution is 2.55. The minimum absolute atomic E-state index is 0.0821. The summed E-state index contributed by atoms with van der Waals surface area (Å²) in [4.78, 5) is 64.5. The second kappa shape index (κ2) is 7.51. The minimum Gasteiger partial charge on any atom is -0.504 e. The minimum atomic E-state index is -1.12. The molecule has 1 saturated heterocycles. The number of amides is 4.